The van der Waals surface area contributed by atoms with Gasteiger partial charge in [0.15, 0.2) is 0 Å². The van der Waals surface area contributed by atoms with E-state index < -0.39 is 0 Å². The highest BCUT2D eigenvalue weighted by Crippen LogP contribution is 2.37. The maximum Gasteiger partial charge on any atom is 0.338 e. The Kier molecular flexibility index (Phi) is 5.16. The maximum atomic E-state index is 12.3. The van der Waals surface area contributed by atoms with Crippen LogP contribution >= 0.6 is 0 Å². The second kappa shape index (κ2) is 7.91. The third-order valence-corrected chi connectivity index (χ3v) is 5.14. The lowest BCUT2D eigenvalue weighted by molar-refractivity contribution is 0.0526. The highest BCUT2D eigenvalue weighted by atomic mass is 16.5. The van der Waals surface area contributed by atoms with Crippen molar-refractivity contribution >= 4 is 34.2 Å². The molecule has 6 nitrogen and oxygen atoms in total. The third kappa shape index (κ3) is 3.53. The Balaban J connectivity index is 1.83. The Bertz CT molecular complexity index is 1090. The lowest BCUT2D eigenvalue weighted by Crippen LogP contribution is -2.27. The van der Waals surface area contributed by atoms with Gasteiger partial charge in [0.05, 0.1) is 12.2 Å². The number of aromatic nitrogens is 1. The number of hydrogen-bond donors (Lipinski definition) is 1. The summed E-state index contributed by atoms with van der Waals surface area (Å²) >= 11 is 0. The zero-order chi connectivity index (χ0) is 20.4. The number of carbonyl (C=O) groups is 2. The van der Waals surface area contributed by atoms with E-state index in [9.17, 15) is 9.59 Å². The Labute approximate surface area is 169 Å². The minimum absolute atomic E-state index is 0.216. The lowest BCUT2D eigenvalue weighted by atomic mass is 9.98. The van der Waals surface area contributed by atoms with Crippen molar-refractivity contribution in [3.8, 4) is 0 Å². The van der Waals surface area contributed by atoms with Crippen molar-refractivity contribution in [3.63, 3.8) is 0 Å². The topological polar surface area (TPSA) is 71.5 Å². The van der Waals surface area contributed by atoms with Gasteiger partial charge in [0.2, 0.25) is 0 Å². The summed E-state index contributed by atoms with van der Waals surface area (Å²) in [6, 6.07) is 15.4. The van der Waals surface area contributed by atoms with Gasteiger partial charge in [0.1, 0.15) is 11.5 Å². The number of carbonyl (C=O) groups excluding carboxylic acids is 2. The number of aryl methyl sites for hydroxylation is 1. The van der Waals surface area contributed by atoms with Gasteiger partial charge in [-0.3, -0.25) is 4.79 Å². The maximum absolute atomic E-state index is 12.3. The summed E-state index contributed by atoms with van der Waals surface area (Å²) in [6.45, 7) is 2.94. The number of pyridine rings is 1. The molecule has 148 valence electrons. The average molecular weight is 389 g/mol. The number of rotatable bonds is 4. The van der Waals surface area contributed by atoms with Crippen LogP contribution < -0.4 is 10.2 Å². The molecular weight excluding hydrogens is 366 g/mol. The number of esters is 1. The van der Waals surface area contributed by atoms with E-state index in [2.05, 4.69) is 10.2 Å². The molecule has 1 amide bonds. The molecule has 0 unspecified atom stereocenters. The van der Waals surface area contributed by atoms with Crippen molar-refractivity contribution in [2.75, 3.05) is 25.1 Å². The number of amides is 1. The van der Waals surface area contributed by atoms with E-state index in [1.165, 1.54) is 0 Å². The van der Waals surface area contributed by atoms with Crippen LogP contribution in [0.4, 0.5) is 11.5 Å². The largest absolute Gasteiger partial charge is 0.462 e. The van der Waals surface area contributed by atoms with Crippen molar-refractivity contribution < 1.29 is 14.3 Å². The Morgan fingerprint density at radius 3 is 2.79 bits per heavy atom. The summed E-state index contributed by atoms with van der Waals surface area (Å²) in [5.74, 6) is 0.232. The summed E-state index contributed by atoms with van der Waals surface area (Å²) < 4.78 is 5.13. The van der Waals surface area contributed by atoms with E-state index >= 15 is 0 Å². The van der Waals surface area contributed by atoms with Gasteiger partial charge in [-0.05, 0) is 55.0 Å². The van der Waals surface area contributed by atoms with E-state index in [4.69, 9.17) is 9.72 Å². The Morgan fingerprint density at radius 1 is 1.17 bits per heavy atom. The molecule has 1 N–H and O–H groups in total. The summed E-state index contributed by atoms with van der Waals surface area (Å²) in [6.07, 6.45) is 1.81. The summed E-state index contributed by atoms with van der Waals surface area (Å²) in [4.78, 5) is 31.2. The van der Waals surface area contributed by atoms with E-state index in [-0.39, 0.29) is 11.9 Å². The van der Waals surface area contributed by atoms with Crippen LogP contribution in [0.1, 0.15) is 39.8 Å². The molecule has 0 aliphatic carbocycles. The molecule has 4 rings (SSSR count). The highest BCUT2D eigenvalue weighted by Gasteiger charge is 2.23. The van der Waals surface area contributed by atoms with Gasteiger partial charge >= 0.3 is 5.97 Å². The fraction of sp³-hybridized carbons (Fsp3) is 0.261. The van der Waals surface area contributed by atoms with E-state index in [0.29, 0.717) is 17.9 Å². The summed E-state index contributed by atoms with van der Waals surface area (Å²) in [7, 11) is 1.60. The van der Waals surface area contributed by atoms with Crippen LogP contribution in [0.5, 0.6) is 0 Å². The number of fused-ring (bicyclic) bond motifs is 2. The predicted molar refractivity (Wildman–Crippen MR) is 113 cm³/mol. The fourth-order valence-electron chi connectivity index (χ4n) is 3.79. The first kappa shape index (κ1) is 18.9. The molecule has 29 heavy (non-hydrogen) atoms. The quantitative estimate of drug-likeness (QED) is 0.686. The summed E-state index contributed by atoms with van der Waals surface area (Å²) in [5.41, 5.74) is 3.04. The van der Waals surface area contributed by atoms with E-state index in [0.717, 1.165) is 47.2 Å². The van der Waals surface area contributed by atoms with Gasteiger partial charge in [0, 0.05) is 24.7 Å². The standard InChI is InChI=1S/C23H23N3O3/c1-3-29-23(28)17-10-11-20-16(13-17)8-6-12-26(20)21-18-9-5-4-7-15(18)14-19(25-21)22(27)24-2/h4-5,7,9-11,13-14H,3,6,8,12H2,1-2H3,(H,24,27). The molecule has 0 bridgehead atoms. The molecule has 0 atom stereocenters. The molecule has 3 aromatic rings. The average Bonchev–Trinajstić information content (AvgIpc) is 2.77. The number of nitrogens with one attached hydrogen (secondary N) is 1. The molecule has 0 radical (unpaired) electrons. The minimum Gasteiger partial charge on any atom is -0.462 e. The van der Waals surface area contributed by atoms with Gasteiger partial charge in [-0.2, -0.15) is 0 Å². The second-order valence-electron chi connectivity index (χ2n) is 6.95. The van der Waals surface area contributed by atoms with Gasteiger partial charge in [0.25, 0.3) is 5.91 Å². The van der Waals surface area contributed by atoms with Crippen LogP contribution in [0.2, 0.25) is 0 Å². The number of benzene rings is 2. The Hall–Kier alpha value is -3.41. The van der Waals surface area contributed by atoms with Crippen molar-refractivity contribution in [3.05, 3.63) is 65.4 Å². The Morgan fingerprint density at radius 2 is 2.00 bits per heavy atom. The van der Waals surface area contributed by atoms with Crippen LogP contribution in [0, 0.1) is 0 Å². The number of ether oxygens (including phenoxy) is 1. The van der Waals surface area contributed by atoms with Crippen molar-refractivity contribution in [1.82, 2.24) is 10.3 Å². The molecule has 6 heteroatoms. The molecule has 0 spiro atoms. The van der Waals surface area contributed by atoms with Crippen molar-refractivity contribution in [1.29, 1.82) is 0 Å². The zero-order valence-electron chi connectivity index (χ0n) is 16.6. The van der Waals surface area contributed by atoms with Gasteiger partial charge < -0.3 is 15.0 Å². The molecule has 0 saturated heterocycles. The van der Waals surface area contributed by atoms with Crippen LogP contribution in [-0.2, 0) is 11.2 Å². The number of anilines is 2. The molecular formula is C23H23N3O3. The number of hydrogen-bond acceptors (Lipinski definition) is 5. The molecule has 0 saturated carbocycles. The van der Waals surface area contributed by atoms with Crippen molar-refractivity contribution in [2.45, 2.75) is 19.8 Å². The number of nitrogens with zero attached hydrogens (tertiary/aromatic N) is 2. The normalized spacial score (nSPS) is 13.1. The van der Waals surface area contributed by atoms with Crippen molar-refractivity contribution in [2.24, 2.45) is 0 Å². The van der Waals surface area contributed by atoms with Gasteiger partial charge in [-0.1, -0.05) is 24.3 Å². The van der Waals surface area contributed by atoms with Gasteiger partial charge in [-0.15, -0.1) is 0 Å². The molecule has 2 heterocycles. The molecule has 1 aromatic heterocycles. The van der Waals surface area contributed by atoms with E-state index in [1.54, 1.807) is 20.0 Å². The smallest absolute Gasteiger partial charge is 0.338 e. The predicted octanol–water partition coefficient (Wildman–Crippen LogP) is 3.86. The lowest BCUT2D eigenvalue weighted by Gasteiger charge is -2.31. The van der Waals surface area contributed by atoms with E-state index in [1.807, 2.05) is 42.5 Å². The first-order valence-electron chi connectivity index (χ1n) is 9.82. The van der Waals surface area contributed by atoms with Crippen LogP contribution in [0.3, 0.4) is 0 Å². The zero-order valence-corrected chi connectivity index (χ0v) is 16.6. The molecule has 1 aliphatic heterocycles. The third-order valence-electron chi connectivity index (χ3n) is 5.14. The highest BCUT2D eigenvalue weighted by molar-refractivity contribution is 6.01. The first-order valence-corrected chi connectivity index (χ1v) is 9.82. The fourth-order valence-corrected chi connectivity index (χ4v) is 3.79. The van der Waals surface area contributed by atoms with Crippen LogP contribution in [-0.4, -0.2) is 37.1 Å². The van der Waals surface area contributed by atoms with Gasteiger partial charge in [-0.25, -0.2) is 9.78 Å². The molecule has 1 aliphatic rings. The first-order chi connectivity index (χ1) is 14.1. The van der Waals surface area contributed by atoms with Crippen LogP contribution in [0.25, 0.3) is 10.8 Å². The second-order valence-corrected chi connectivity index (χ2v) is 6.95. The molecule has 0 fully saturated rings. The molecule has 2 aromatic carbocycles. The monoisotopic (exact) mass is 389 g/mol. The van der Waals surface area contributed by atoms with Crippen LogP contribution in [0.15, 0.2) is 48.5 Å². The SMILES string of the molecule is CCOC(=O)c1ccc2c(c1)CCCN2c1nc(C(=O)NC)cc2ccccc12. The summed E-state index contributed by atoms with van der Waals surface area (Å²) in [5, 5.41) is 4.61. The minimum atomic E-state index is -0.308.